The van der Waals surface area contributed by atoms with Crippen LogP contribution in [0.15, 0.2) is 47.1 Å². The van der Waals surface area contributed by atoms with E-state index in [0.717, 1.165) is 23.7 Å². The Labute approximate surface area is 153 Å². The van der Waals surface area contributed by atoms with Gasteiger partial charge < -0.3 is 9.73 Å². The maximum absolute atomic E-state index is 12.2. The first-order valence-electron chi connectivity index (χ1n) is 8.06. The molecule has 1 N–H and O–H groups in total. The number of benzene rings is 1. The van der Waals surface area contributed by atoms with Crippen molar-refractivity contribution in [3.05, 3.63) is 59.0 Å². The Hall–Kier alpha value is -1.49. The van der Waals surface area contributed by atoms with E-state index in [1.165, 1.54) is 25.5 Å². The Morgan fingerprint density at radius 3 is 2.58 bits per heavy atom. The maximum Gasteiger partial charge on any atom is 0.287 e. The summed E-state index contributed by atoms with van der Waals surface area (Å²) in [6, 6.07) is 11.3. The van der Waals surface area contributed by atoms with Crippen molar-refractivity contribution in [2.24, 2.45) is 0 Å². The first kappa shape index (κ1) is 18.8. The molecule has 24 heavy (non-hydrogen) atoms. The molecule has 1 atom stereocenters. The van der Waals surface area contributed by atoms with Gasteiger partial charge in [0.2, 0.25) is 0 Å². The topological polar surface area (TPSA) is 45.5 Å². The average Bonchev–Trinajstić information content (AvgIpc) is 3.12. The highest BCUT2D eigenvalue weighted by Crippen LogP contribution is 2.29. The van der Waals surface area contributed by atoms with Crippen LogP contribution >= 0.6 is 24.0 Å². The number of halogens is 2. The van der Waals surface area contributed by atoms with Gasteiger partial charge in [-0.1, -0.05) is 36.2 Å². The van der Waals surface area contributed by atoms with Gasteiger partial charge >= 0.3 is 0 Å². The molecule has 3 rings (SSSR count). The maximum atomic E-state index is 12.2. The van der Waals surface area contributed by atoms with Gasteiger partial charge in [0.05, 0.1) is 12.3 Å². The number of carbonyl (C=O) groups excluding carboxylic acids is 1. The fraction of sp³-hybridized carbons (Fsp3) is 0.389. The van der Waals surface area contributed by atoms with Gasteiger partial charge in [-0.2, -0.15) is 0 Å². The molecule has 0 bridgehead atoms. The van der Waals surface area contributed by atoms with Gasteiger partial charge in [-0.15, -0.1) is 12.4 Å². The number of amides is 1. The molecule has 1 aromatic carbocycles. The zero-order chi connectivity index (χ0) is 16.1. The highest BCUT2D eigenvalue weighted by Gasteiger charge is 2.24. The Morgan fingerprint density at radius 1 is 1.17 bits per heavy atom. The minimum atomic E-state index is -0.191. The molecule has 1 aliphatic heterocycles. The van der Waals surface area contributed by atoms with Crippen molar-refractivity contribution in [2.75, 3.05) is 19.6 Å². The Morgan fingerprint density at radius 2 is 1.92 bits per heavy atom. The summed E-state index contributed by atoms with van der Waals surface area (Å²) in [6.07, 6.45) is 5.15. The van der Waals surface area contributed by atoms with Crippen LogP contribution in [0.5, 0.6) is 0 Å². The number of furan rings is 1. The largest absolute Gasteiger partial charge is 0.459 e. The number of rotatable bonds is 5. The molecular weight excluding hydrogens is 347 g/mol. The summed E-state index contributed by atoms with van der Waals surface area (Å²) in [5.74, 6) is 0.144. The molecule has 1 saturated heterocycles. The predicted octanol–water partition coefficient (Wildman–Crippen LogP) is 4.31. The van der Waals surface area contributed by atoms with Crippen molar-refractivity contribution in [2.45, 2.75) is 25.3 Å². The van der Waals surface area contributed by atoms with Gasteiger partial charge in [-0.25, -0.2) is 0 Å². The summed E-state index contributed by atoms with van der Waals surface area (Å²) in [6.45, 7) is 2.59. The molecule has 2 aromatic rings. The minimum absolute atomic E-state index is 0. The van der Waals surface area contributed by atoms with E-state index in [4.69, 9.17) is 16.0 Å². The molecule has 130 valence electrons. The van der Waals surface area contributed by atoms with Crippen LogP contribution in [0.1, 0.15) is 41.4 Å². The lowest BCUT2D eigenvalue weighted by atomic mass is 10.0. The summed E-state index contributed by atoms with van der Waals surface area (Å²) >= 11 is 6.40. The SMILES string of the molecule is Cl.O=C(NCC(c1ccccc1Cl)N1CCCCC1)c1ccco1. The monoisotopic (exact) mass is 368 g/mol. The quantitative estimate of drug-likeness (QED) is 0.854. The third-order valence-electron chi connectivity index (χ3n) is 4.30. The first-order chi connectivity index (χ1) is 11.3. The molecule has 0 aliphatic carbocycles. The number of hydrogen-bond acceptors (Lipinski definition) is 3. The van der Waals surface area contributed by atoms with Crippen molar-refractivity contribution in [1.82, 2.24) is 10.2 Å². The van der Waals surface area contributed by atoms with Crippen molar-refractivity contribution < 1.29 is 9.21 Å². The molecule has 1 amide bonds. The van der Waals surface area contributed by atoms with Gasteiger partial charge in [-0.05, 0) is 49.7 Å². The van der Waals surface area contributed by atoms with Crippen LogP contribution in [0.25, 0.3) is 0 Å². The number of nitrogens with zero attached hydrogens (tertiary/aromatic N) is 1. The van der Waals surface area contributed by atoms with Gasteiger partial charge in [0, 0.05) is 11.6 Å². The molecule has 1 fully saturated rings. The number of hydrogen-bond donors (Lipinski definition) is 1. The summed E-state index contributed by atoms with van der Waals surface area (Å²) in [4.78, 5) is 14.6. The smallest absolute Gasteiger partial charge is 0.287 e. The van der Waals surface area contributed by atoms with Crippen molar-refractivity contribution in [3.63, 3.8) is 0 Å². The molecule has 0 spiro atoms. The molecule has 1 unspecified atom stereocenters. The van der Waals surface area contributed by atoms with Crippen LogP contribution in [0, 0.1) is 0 Å². The summed E-state index contributed by atoms with van der Waals surface area (Å²) in [5, 5.41) is 3.72. The van der Waals surface area contributed by atoms with E-state index in [-0.39, 0.29) is 24.4 Å². The van der Waals surface area contributed by atoms with E-state index in [2.05, 4.69) is 10.2 Å². The highest BCUT2D eigenvalue weighted by atomic mass is 35.5. The van der Waals surface area contributed by atoms with Crippen molar-refractivity contribution in [1.29, 1.82) is 0 Å². The number of piperidine rings is 1. The molecule has 4 nitrogen and oxygen atoms in total. The molecule has 1 aliphatic rings. The van der Waals surface area contributed by atoms with Gasteiger partial charge in [0.15, 0.2) is 5.76 Å². The molecule has 0 radical (unpaired) electrons. The van der Waals surface area contributed by atoms with Crippen LogP contribution < -0.4 is 5.32 Å². The Balaban J connectivity index is 0.00000208. The molecule has 0 saturated carbocycles. The van der Waals surface area contributed by atoms with Crippen LogP contribution in [0.3, 0.4) is 0 Å². The number of nitrogens with one attached hydrogen (secondary N) is 1. The number of likely N-dealkylation sites (tertiary alicyclic amines) is 1. The van der Waals surface area contributed by atoms with Gasteiger partial charge in [0.25, 0.3) is 5.91 Å². The van der Waals surface area contributed by atoms with E-state index in [9.17, 15) is 4.79 Å². The Bertz CT molecular complexity index is 640. The molecular formula is C18H22Cl2N2O2. The normalized spacial score (nSPS) is 16.2. The van der Waals surface area contributed by atoms with E-state index >= 15 is 0 Å². The summed E-state index contributed by atoms with van der Waals surface area (Å²) < 4.78 is 5.15. The van der Waals surface area contributed by atoms with Crippen molar-refractivity contribution in [3.8, 4) is 0 Å². The highest BCUT2D eigenvalue weighted by molar-refractivity contribution is 6.31. The molecule has 6 heteroatoms. The average molecular weight is 369 g/mol. The fourth-order valence-corrected chi connectivity index (χ4v) is 3.36. The van der Waals surface area contributed by atoms with E-state index in [1.807, 2.05) is 24.3 Å². The van der Waals surface area contributed by atoms with E-state index in [0.29, 0.717) is 12.3 Å². The van der Waals surface area contributed by atoms with Crippen LogP contribution in [0.2, 0.25) is 5.02 Å². The van der Waals surface area contributed by atoms with Crippen LogP contribution in [-0.4, -0.2) is 30.4 Å². The first-order valence-corrected chi connectivity index (χ1v) is 8.43. The third kappa shape index (κ3) is 4.53. The summed E-state index contributed by atoms with van der Waals surface area (Å²) in [7, 11) is 0. The van der Waals surface area contributed by atoms with E-state index in [1.54, 1.807) is 12.1 Å². The molecule has 1 aromatic heterocycles. The third-order valence-corrected chi connectivity index (χ3v) is 4.64. The zero-order valence-corrected chi connectivity index (χ0v) is 15.0. The van der Waals surface area contributed by atoms with Crippen molar-refractivity contribution >= 4 is 29.9 Å². The minimum Gasteiger partial charge on any atom is -0.459 e. The zero-order valence-electron chi connectivity index (χ0n) is 13.4. The predicted molar refractivity (Wildman–Crippen MR) is 97.9 cm³/mol. The Kier molecular flexibility index (Phi) is 7.16. The standard InChI is InChI=1S/C18H21ClN2O2.ClH/c19-15-8-3-2-7-14(15)16(21-10-4-1-5-11-21)13-20-18(22)17-9-6-12-23-17;/h2-3,6-9,12,16H,1,4-5,10-11,13H2,(H,20,22);1H. The second-order valence-corrected chi connectivity index (χ2v) is 6.23. The van der Waals surface area contributed by atoms with Crippen LogP contribution in [-0.2, 0) is 0 Å². The summed E-state index contributed by atoms with van der Waals surface area (Å²) in [5.41, 5.74) is 1.07. The number of carbonyl (C=O) groups is 1. The van der Waals surface area contributed by atoms with Crippen LogP contribution in [0.4, 0.5) is 0 Å². The second-order valence-electron chi connectivity index (χ2n) is 5.82. The fourth-order valence-electron chi connectivity index (χ4n) is 3.10. The lowest BCUT2D eigenvalue weighted by Gasteiger charge is -2.35. The van der Waals surface area contributed by atoms with E-state index < -0.39 is 0 Å². The lowest BCUT2D eigenvalue weighted by molar-refractivity contribution is 0.0897. The lowest BCUT2D eigenvalue weighted by Crippen LogP contribution is -2.40. The van der Waals surface area contributed by atoms with Gasteiger partial charge in [0.1, 0.15) is 0 Å². The van der Waals surface area contributed by atoms with Gasteiger partial charge in [-0.3, -0.25) is 9.69 Å². The second kappa shape index (κ2) is 9.11. The molecule has 2 heterocycles.